The standard InChI is InChI=1S/C17H18FN/c18-17-8-4-13(5-9-17)11-19-12-14-2-1-3-16(10-14)15-6-7-15/h1-5,8-10,15,19H,6-7,11-12H2. The predicted octanol–water partition coefficient (Wildman–Crippen LogP) is 3.99. The Morgan fingerprint density at radius 3 is 2.42 bits per heavy atom. The molecule has 0 bridgehead atoms. The Hall–Kier alpha value is -1.67. The molecule has 1 nitrogen and oxygen atoms in total. The van der Waals surface area contributed by atoms with E-state index < -0.39 is 0 Å². The minimum absolute atomic E-state index is 0.180. The van der Waals surface area contributed by atoms with Crippen LogP contribution in [0, 0.1) is 5.82 Å². The van der Waals surface area contributed by atoms with Crippen LogP contribution in [0.25, 0.3) is 0 Å². The molecule has 0 atom stereocenters. The van der Waals surface area contributed by atoms with E-state index in [0.29, 0.717) is 0 Å². The molecule has 1 aliphatic carbocycles. The zero-order valence-electron chi connectivity index (χ0n) is 10.9. The normalized spacial score (nSPS) is 14.6. The van der Waals surface area contributed by atoms with Gasteiger partial charge in [-0.15, -0.1) is 0 Å². The zero-order chi connectivity index (χ0) is 13.1. The second kappa shape index (κ2) is 5.54. The van der Waals surface area contributed by atoms with Crippen LogP contribution in [0.2, 0.25) is 0 Å². The van der Waals surface area contributed by atoms with Crippen molar-refractivity contribution in [1.29, 1.82) is 0 Å². The van der Waals surface area contributed by atoms with Crippen LogP contribution in [-0.4, -0.2) is 0 Å². The van der Waals surface area contributed by atoms with E-state index in [1.54, 1.807) is 0 Å². The second-order valence-electron chi connectivity index (χ2n) is 5.25. The van der Waals surface area contributed by atoms with Gasteiger partial charge in [0.1, 0.15) is 5.82 Å². The maximum Gasteiger partial charge on any atom is 0.123 e. The van der Waals surface area contributed by atoms with E-state index in [4.69, 9.17) is 0 Å². The minimum atomic E-state index is -0.180. The van der Waals surface area contributed by atoms with Crippen LogP contribution in [0.4, 0.5) is 4.39 Å². The van der Waals surface area contributed by atoms with Gasteiger partial charge in [-0.1, -0.05) is 36.4 Å². The summed E-state index contributed by atoms with van der Waals surface area (Å²) in [4.78, 5) is 0. The van der Waals surface area contributed by atoms with Crippen LogP contribution in [0.1, 0.15) is 35.4 Å². The van der Waals surface area contributed by atoms with Crippen molar-refractivity contribution in [3.05, 3.63) is 71.0 Å². The van der Waals surface area contributed by atoms with Crippen molar-refractivity contribution in [1.82, 2.24) is 5.32 Å². The van der Waals surface area contributed by atoms with E-state index >= 15 is 0 Å². The summed E-state index contributed by atoms with van der Waals surface area (Å²) in [6.45, 7) is 1.63. The lowest BCUT2D eigenvalue weighted by molar-refractivity contribution is 0.625. The molecule has 2 aromatic carbocycles. The van der Waals surface area contributed by atoms with Gasteiger partial charge < -0.3 is 5.32 Å². The third-order valence-electron chi connectivity index (χ3n) is 3.57. The Morgan fingerprint density at radius 2 is 1.68 bits per heavy atom. The van der Waals surface area contributed by atoms with Gasteiger partial charge in [-0.05, 0) is 47.6 Å². The Morgan fingerprint density at radius 1 is 0.947 bits per heavy atom. The first-order valence-electron chi connectivity index (χ1n) is 6.85. The molecule has 1 fully saturated rings. The fourth-order valence-electron chi connectivity index (χ4n) is 2.33. The molecule has 0 spiro atoms. The molecular weight excluding hydrogens is 237 g/mol. The number of hydrogen-bond acceptors (Lipinski definition) is 1. The van der Waals surface area contributed by atoms with Gasteiger partial charge >= 0.3 is 0 Å². The number of halogens is 1. The second-order valence-corrected chi connectivity index (χ2v) is 5.25. The third kappa shape index (κ3) is 3.42. The van der Waals surface area contributed by atoms with Gasteiger partial charge in [0, 0.05) is 13.1 Å². The molecule has 98 valence electrons. The summed E-state index contributed by atoms with van der Waals surface area (Å²) in [5.74, 6) is 0.623. The van der Waals surface area contributed by atoms with Gasteiger partial charge in [-0.2, -0.15) is 0 Å². The summed E-state index contributed by atoms with van der Waals surface area (Å²) in [6.07, 6.45) is 2.68. The Kier molecular flexibility index (Phi) is 3.60. The lowest BCUT2D eigenvalue weighted by atomic mass is 10.1. The van der Waals surface area contributed by atoms with Crippen LogP contribution in [0.15, 0.2) is 48.5 Å². The van der Waals surface area contributed by atoms with Crippen molar-refractivity contribution in [2.75, 3.05) is 0 Å². The van der Waals surface area contributed by atoms with Crippen molar-refractivity contribution in [3.63, 3.8) is 0 Å². The van der Waals surface area contributed by atoms with E-state index in [1.165, 1.54) is 36.1 Å². The van der Waals surface area contributed by atoms with E-state index in [1.807, 2.05) is 12.1 Å². The molecule has 1 saturated carbocycles. The third-order valence-corrected chi connectivity index (χ3v) is 3.57. The van der Waals surface area contributed by atoms with Crippen LogP contribution in [-0.2, 0) is 13.1 Å². The first kappa shape index (κ1) is 12.4. The summed E-state index contributed by atoms with van der Waals surface area (Å²) in [7, 11) is 0. The van der Waals surface area contributed by atoms with Crippen molar-refractivity contribution in [3.8, 4) is 0 Å². The fourth-order valence-corrected chi connectivity index (χ4v) is 2.33. The molecule has 0 amide bonds. The number of rotatable bonds is 5. The predicted molar refractivity (Wildman–Crippen MR) is 75.4 cm³/mol. The molecular formula is C17H18FN. The largest absolute Gasteiger partial charge is 0.309 e. The van der Waals surface area contributed by atoms with E-state index in [0.717, 1.165) is 24.6 Å². The van der Waals surface area contributed by atoms with Crippen LogP contribution in [0.3, 0.4) is 0 Å². The van der Waals surface area contributed by atoms with Crippen LogP contribution >= 0.6 is 0 Å². The highest BCUT2D eigenvalue weighted by atomic mass is 19.1. The van der Waals surface area contributed by atoms with Gasteiger partial charge in [0.2, 0.25) is 0 Å². The molecule has 0 aromatic heterocycles. The Bertz CT molecular complexity index is 543. The van der Waals surface area contributed by atoms with Crippen molar-refractivity contribution in [2.24, 2.45) is 0 Å². The Balaban J connectivity index is 1.54. The van der Waals surface area contributed by atoms with Gasteiger partial charge in [0.05, 0.1) is 0 Å². The average Bonchev–Trinajstić information content (AvgIpc) is 3.26. The zero-order valence-corrected chi connectivity index (χ0v) is 10.9. The minimum Gasteiger partial charge on any atom is -0.309 e. The van der Waals surface area contributed by atoms with Crippen molar-refractivity contribution < 1.29 is 4.39 Å². The highest BCUT2D eigenvalue weighted by Crippen LogP contribution is 2.40. The summed E-state index contributed by atoms with van der Waals surface area (Å²) in [5, 5.41) is 3.40. The molecule has 2 heteroatoms. The lowest BCUT2D eigenvalue weighted by Crippen LogP contribution is -2.12. The Labute approximate surface area is 113 Å². The van der Waals surface area contributed by atoms with Crippen LogP contribution < -0.4 is 5.32 Å². The molecule has 19 heavy (non-hydrogen) atoms. The number of nitrogens with one attached hydrogen (secondary N) is 1. The van der Waals surface area contributed by atoms with Gasteiger partial charge in [0.25, 0.3) is 0 Å². The quantitative estimate of drug-likeness (QED) is 0.851. The van der Waals surface area contributed by atoms with Gasteiger partial charge in [-0.25, -0.2) is 4.39 Å². The molecule has 1 aliphatic rings. The first-order chi connectivity index (χ1) is 9.31. The molecule has 0 aliphatic heterocycles. The van der Waals surface area contributed by atoms with Gasteiger partial charge in [-0.3, -0.25) is 0 Å². The lowest BCUT2D eigenvalue weighted by Gasteiger charge is -2.07. The summed E-state index contributed by atoms with van der Waals surface area (Å²) < 4.78 is 12.8. The molecule has 0 radical (unpaired) electrons. The number of hydrogen-bond donors (Lipinski definition) is 1. The topological polar surface area (TPSA) is 12.0 Å². The molecule has 0 heterocycles. The summed E-state index contributed by atoms with van der Waals surface area (Å²) >= 11 is 0. The van der Waals surface area contributed by atoms with E-state index in [2.05, 4.69) is 29.6 Å². The molecule has 1 N–H and O–H groups in total. The maximum absolute atomic E-state index is 12.8. The monoisotopic (exact) mass is 255 g/mol. The van der Waals surface area contributed by atoms with Crippen LogP contribution in [0.5, 0.6) is 0 Å². The van der Waals surface area contributed by atoms with E-state index in [9.17, 15) is 4.39 Å². The fraction of sp³-hybridized carbons (Fsp3) is 0.294. The molecule has 0 saturated heterocycles. The van der Waals surface area contributed by atoms with Crippen molar-refractivity contribution >= 4 is 0 Å². The van der Waals surface area contributed by atoms with E-state index in [-0.39, 0.29) is 5.82 Å². The number of benzene rings is 2. The summed E-state index contributed by atoms with van der Waals surface area (Å²) in [5.41, 5.74) is 3.91. The highest BCUT2D eigenvalue weighted by molar-refractivity contribution is 5.29. The SMILES string of the molecule is Fc1ccc(CNCc2cccc(C3CC3)c2)cc1. The molecule has 0 unspecified atom stereocenters. The van der Waals surface area contributed by atoms with Crippen molar-refractivity contribution in [2.45, 2.75) is 31.8 Å². The highest BCUT2D eigenvalue weighted by Gasteiger charge is 2.23. The van der Waals surface area contributed by atoms with Gasteiger partial charge in [0.15, 0.2) is 0 Å². The first-order valence-corrected chi connectivity index (χ1v) is 6.85. The smallest absolute Gasteiger partial charge is 0.123 e. The maximum atomic E-state index is 12.8. The molecule has 3 rings (SSSR count). The average molecular weight is 255 g/mol. The summed E-state index contributed by atoms with van der Waals surface area (Å²) in [6, 6.07) is 15.5. The molecule has 2 aromatic rings.